The van der Waals surface area contributed by atoms with Gasteiger partial charge in [0.15, 0.2) is 0 Å². The summed E-state index contributed by atoms with van der Waals surface area (Å²) >= 11 is 0. The largest absolute Gasteiger partial charge is 0.288 e. The molecule has 10 heteroatoms. The molecule has 0 bridgehead atoms. The normalized spacial score (nSPS) is 13.5. The Morgan fingerprint density at radius 2 is 0.591 bits per heavy atom. The van der Waals surface area contributed by atoms with E-state index in [1.54, 1.807) is 97.6 Å². The maximum atomic E-state index is 14.0. The fourth-order valence-corrected chi connectivity index (χ4v) is 6.18. The number of pyridine rings is 4. The molecule has 4 amide bonds. The number of nitrogens with zero attached hydrogens (tertiary/aromatic N) is 4. The van der Waals surface area contributed by atoms with E-state index in [0.29, 0.717) is 45.0 Å². The van der Waals surface area contributed by atoms with Gasteiger partial charge in [-0.25, -0.2) is 0 Å². The number of carbonyl (C=O) groups is 4. The highest BCUT2D eigenvalue weighted by atomic mass is 16.2. The highest BCUT2D eigenvalue weighted by molar-refractivity contribution is 6.40. The highest BCUT2D eigenvalue weighted by Gasteiger charge is 2.43. The summed E-state index contributed by atoms with van der Waals surface area (Å²) in [4.78, 5) is 74.0. The Balaban J connectivity index is 1.73. The van der Waals surface area contributed by atoms with Gasteiger partial charge in [-0.3, -0.25) is 49.7 Å². The van der Waals surface area contributed by atoms with E-state index in [0.717, 1.165) is 0 Å². The van der Waals surface area contributed by atoms with Crippen molar-refractivity contribution < 1.29 is 19.2 Å². The maximum absolute atomic E-state index is 14.0. The van der Waals surface area contributed by atoms with Crippen molar-refractivity contribution in [3.05, 3.63) is 120 Å². The lowest BCUT2D eigenvalue weighted by Crippen LogP contribution is -2.40. The standard InChI is InChI=1S/C34H18N6O4/c41-31-27-21(17-9-1-5-13-35-17)22(18-10-2-6-14-36-18)28-26-25(27)29(33(43)39-31)23(19-11-3-7-15-37-19)24(20-12-4-8-16-38-20)30(26)34(44)40-32(28)42/h1-16H,(H,39,41,43)(H,40,42,44). The molecule has 0 saturated carbocycles. The predicted octanol–water partition coefficient (Wildman–Crippen LogP) is 4.86. The van der Waals surface area contributed by atoms with Crippen molar-refractivity contribution in [1.29, 1.82) is 0 Å². The first-order valence-corrected chi connectivity index (χ1v) is 13.6. The number of benzene rings is 2. The Morgan fingerprint density at radius 1 is 0.341 bits per heavy atom. The molecule has 2 aliphatic rings. The van der Waals surface area contributed by atoms with Crippen molar-refractivity contribution in [2.24, 2.45) is 0 Å². The van der Waals surface area contributed by atoms with E-state index < -0.39 is 23.6 Å². The maximum Gasteiger partial charge on any atom is 0.259 e. The van der Waals surface area contributed by atoms with Crippen molar-refractivity contribution in [3.8, 4) is 45.0 Å². The minimum atomic E-state index is -0.686. The summed E-state index contributed by atoms with van der Waals surface area (Å²) in [5.41, 5.74) is 3.20. The number of aromatic nitrogens is 4. The lowest BCUT2D eigenvalue weighted by molar-refractivity contribution is 0.0824. The smallest absolute Gasteiger partial charge is 0.259 e. The van der Waals surface area contributed by atoms with E-state index in [4.69, 9.17) is 0 Å². The van der Waals surface area contributed by atoms with Gasteiger partial charge in [0.2, 0.25) is 0 Å². The lowest BCUT2D eigenvalue weighted by atomic mass is 9.75. The van der Waals surface area contributed by atoms with E-state index in [-0.39, 0.29) is 33.0 Å². The number of carbonyl (C=O) groups excluding carboxylic acids is 4. The fraction of sp³-hybridized carbons (Fsp3) is 0. The van der Waals surface area contributed by atoms with Crippen LogP contribution < -0.4 is 10.6 Å². The molecule has 2 aliphatic heterocycles. The fourth-order valence-electron chi connectivity index (χ4n) is 6.18. The molecule has 6 aromatic rings. The zero-order chi connectivity index (χ0) is 29.9. The lowest BCUT2D eigenvalue weighted by Gasteiger charge is -2.31. The molecule has 4 aromatic heterocycles. The Bertz CT molecular complexity index is 1910. The van der Waals surface area contributed by atoms with Gasteiger partial charge >= 0.3 is 0 Å². The second-order valence-electron chi connectivity index (χ2n) is 10.2. The Kier molecular flexibility index (Phi) is 5.50. The molecule has 0 unspecified atom stereocenters. The molecule has 208 valence electrons. The molecule has 0 saturated heterocycles. The summed E-state index contributed by atoms with van der Waals surface area (Å²) in [7, 11) is 0. The number of nitrogens with one attached hydrogen (secondary N) is 2. The van der Waals surface area contributed by atoms with Gasteiger partial charge in [0.25, 0.3) is 23.6 Å². The Labute approximate surface area is 248 Å². The number of imide groups is 2. The van der Waals surface area contributed by atoms with Crippen LogP contribution in [0.25, 0.3) is 55.8 Å². The van der Waals surface area contributed by atoms with Crippen LogP contribution in [0.1, 0.15) is 41.4 Å². The van der Waals surface area contributed by atoms with Crippen LogP contribution in [0.3, 0.4) is 0 Å². The van der Waals surface area contributed by atoms with Gasteiger partial charge in [-0.05, 0) is 48.5 Å². The summed E-state index contributed by atoms with van der Waals surface area (Å²) in [5, 5.41) is 5.37. The van der Waals surface area contributed by atoms with Crippen LogP contribution in [-0.4, -0.2) is 43.6 Å². The van der Waals surface area contributed by atoms with E-state index in [9.17, 15) is 19.2 Å². The zero-order valence-corrected chi connectivity index (χ0v) is 22.7. The van der Waals surface area contributed by atoms with E-state index >= 15 is 0 Å². The summed E-state index contributed by atoms with van der Waals surface area (Å²) in [6.07, 6.45) is 6.30. The first kappa shape index (κ1) is 25.3. The van der Waals surface area contributed by atoms with Gasteiger partial charge in [0, 0.05) is 57.8 Å². The molecule has 0 fully saturated rings. The van der Waals surface area contributed by atoms with Crippen LogP contribution in [0.2, 0.25) is 0 Å². The number of rotatable bonds is 4. The summed E-state index contributed by atoms with van der Waals surface area (Å²) in [5.74, 6) is -2.75. The van der Waals surface area contributed by atoms with Crippen LogP contribution in [0.15, 0.2) is 97.6 Å². The second kappa shape index (κ2) is 9.57. The third-order valence-corrected chi connectivity index (χ3v) is 7.80. The first-order chi connectivity index (χ1) is 21.5. The van der Waals surface area contributed by atoms with Crippen LogP contribution >= 0.6 is 0 Å². The van der Waals surface area contributed by atoms with Gasteiger partial charge in [-0.2, -0.15) is 0 Å². The summed E-state index contributed by atoms with van der Waals surface area (Å²) < 4.78 is 0. The SMILES string of the molecule is O=C1NC(=O)c2c(-c3ccccn3)c(-c3ccccn3)c3c4c(c(-c5ccccn5)c(-c5ccccn5)c1c24)C(=O)NC3=O. The minimum Gasteiger partial charge on any atom is -0.288 e. The van der Waals surface area contributed by atoms with Crippen molar-refractivity contribution >= 4 is 34.4 Å². The van der Waals surface area contributed by atoms with Crippen LogP contribution in [0, 0.1) is 0 Å². The topological polar surface area (TPSA) is 144 Å². The predicted molar refractivity (Wildman–Crippen MR) is 160 cm³/mol. The van der Waals surface area contributed by atoms with Crippen LogP contribution in [-0.2, 0) is 0 Å². The summed E-state index contributed by atoms with van der Waals surface area (Å²) in [6, 6.07) is 20.9. The molecular weight excluding hydrogens is 556 g/mol. The van der Waals surface area contributed by atoms with Gasteiger partial charge in [-0.1, -0.05) is 24.3 Å². The first-order valence-electron chi connectivity index (χ1n) is 13.6. The average Bonchev–Trinajstić information content (AvgIpc) is 3.06. The van der Waals surface area contributed by atoms with Crippen molar-refractivity contribution in [2.45, 2.75) is 0 Å². The molecular formula is C34H18N6O4. The minimum absolute atomic E-state index is 0.103. The van der Waals surface area contributed by atoms with E-state index in [1.165, 1.54) is 0 Å². The third-order valence-electron chi connectivity index (χ3n) is 7.80. The molecule has 6 heterocycles. The van der Waals surface area contributed by atoms with E-state index in [1.807, 2.05) is 0 Å². The van der Waals surface area contributed by atoms with Crippen molar-refractivity contribution in [3.63, 3.8) is 0 Å². The Morgan fingerprint density at radius 3 is 0.795 bits per heavy atom. The van der Waals surface area contributed by atoms with Crippen molar-refractivity contribution in [1.82, 2.24) is 30.6 Å². The molecule has 0 aliphatic carbocycles. The second-order valence-corrected chi connectivity index (χ2v) is 10.2. The monoisotopic (exact) mass is 574 g/mol. The average molecular weight is 575 g/mol. The molecule has 0 atom stereocenters. The van der Waals surface area contributed by atoms with Crippen LogP contribution in [0.5, 0.6) is 0 Å². The molecule has 2 aromatic carbocycles. The van der Waals surface area contributed by atoms with Crippen molar-refractivity contribution in [2.75, 3.05) is 0 Å². The molecule has 2 N–H and O–H groups in total. The molecule has 8 rings (SSSR count). The number of hydrogen-bond donors (Lipinski definition) is 2. The molecule has 10 nitrogen and oxygen atoms in total. The third kappa shape index (κ3) is 3.54. The molecule has 44 heavy (non-hydrogen) atoms. The number of hydrogen-bond acceptors (Lipinski definition) is 8. The Hall–Kier alpha value is -6.42. The van der Waals surface area contributed by atoms with Gasteiger partial charge in [0.05, 0.1) is 45.0 Å². The molecule has 0 spiro atoms. The zero-order valence-electron chi connectivity index (χ0n) is 22.7. The molecule has 0 radical (unpaired) electrons. The van der Waals surface area contributed by atoms with Gasteiger partial charge < -0.3 is 0 Å². The summed E-state index contributed by atoms with van der Waals surface area (Å²) in [6.45, 7) is 0. The highest BCUT2D eigenvalue weighted by Crippen LogP contribution is 2.51. The van der Waals surface area contributed by atoms with Gasteiger partial charge in [0.1, 0.15) is 0 Å². The number of amides is 4. The van der Waals surface area contributed by atoms with Gasteiger partial charge in [-0.15, -0.1) is 0 Å². The quantitative estimate of drug-likeness (QED) is 0.284. The van der Waals surface area contributed by atoms with Crippen LogP contribution in [0.4, 0.5) is 0 Å². The van der Waals surface area contributed by atoms with E-state index in [2.05, 4.69) is 30.6 Å².